The molecule has 3 rings (SSSR count). The normalized spacial score (nSPS) is 15.1. The van der Waals surface area contributed by atoms with Crippen molar-refractivity contribution in [3.8, 4) is 0 Å². The lowest BCUT2D eigenvalue weighted by Crippen LogP contribution is -2.29. The molecule has 2 aromatic rings. The van der Waals surface area contributed by atoms with Crippen molar-refractivity contribution in [2.45, 2.75) is 58.9 Å². The molecule has 0 spiro atoms. The van der Waals surface area contributed by atoms with Crippen LogP contribution >= 0.6 is 11.3 Å². The summed E-state index contributed by atoms with van der Waals surface area (Å²) >= 11 is 1.59. The highest BCUT2D eigenvalue weighted by Gasteiger charge is 2.20. The quantitative estimate of drug-likeness (QED) is 0.779. The first-order chi connectivity index (χ1) is 13.0. The Hall–Kier alpha value is -2.15. The largest absolute Gasteiger partial charge is 0.427 e. The fraction of sp³-hybridized carbons (Fsp3) is 0.550. The highest BCUT2D eigenvalue weighted by molar-refractivity contribution is 7.13. The van der Waals surface area contributed by atoms with Crippen molar-refractivity contribution in [3.05, 3.63) is 44.4 Å². The van der Waals surface area contributed by atoms with Gasteiger partial charge in [0.2, 0.25) is 0 Å². The molecule has 1 unspecified atom stereocenters. The number of amides is 1. The predicted octanol–water partition coefficient (Wildman–Crippen LogP) is 3.84. The van der Waals surface area contributed by atoms with Crippen LogP contribution in [-0.2, 0) is 6.54 Å². The number of carbonyl (C=O) groups excluding carboxylic acids is 1. The molecule has 27 heavy (non-hydrogen) atoms. The zero-order valence-electron chi connectivity index (χ0n) is 16.2. The molecule has 1 saturated heterocycles. The number of aromatic nitrogens is 1. The minimum Gasteiger partial charge on any atom is -0.427 e. The van der Waals surface area contributed by atoms with Gasteiger partial charge in [0.05, 0.1) is 12.2 Å². The third-order valence-electron chi connectivity index (χ3n) is 4.95. The van der Waals surface area contributed by atoms with Crippen LogP contribution in [0.4, 0.5) is 5.13 Å². The van der Waals surface area contributed by atoms with E-state index in [-0.39, 0.29) is 11.5 Å². The van der Waals surface area contributed by atoms with Crippen LogP contribution in [0.5, 0.6) is 0 Å². The molecule has 1 amide bonds. The zero-order valence-corrected chi connectivity index (χ0v) is 17.0. The lowest BCUT2D eigenvalue weighted by atomic mass is 10.0. The van der Waals surface area contributed by atoms with E-state index in [1.807, 2.05) is 18.4 Å². The van der Waals surface area contributed by atoms with Gasteiger partial charge in [-0.15, -0.1) is 11.3 Å². The van der Waals surface area contributed by atoms with Gasteiger partial charge >= 0.3 is 5.63 Å². The van der Waals surface area contributed by atoms with E-state index < -0.39 is 11.5 Å². The Morgan fingerprint density at radius 3 is 2.81 bits per heavy atom. The van der Waals surface area contributed by atoms with Crippen molar-refractivity contribution in [1.29, 1.82) is 0 Å². The first kappa shape index (κ1) is 19.6. The molecule has 1 aliphatic heterocycles. The number of hydrogen-bond acceptors (Lipinski definition) is 6. The van der Waals surface area contributed by atoms with Crippen molar-refractivity contribution in [2.75, 3.05) is 18.0 Å². The molecule has 0 aromatic carbocycles. The lowest BCUT2D eigenvalue weighted by molar-refractivity contribution is 0.0945. The second-order valence-corrected chi connectivity index (χ2v) is 8.02. The Bertz CT molecular complexity index is 852. The number of carbonyl (C=O) groups is 1. The van der Waals surface area contributed by atoms with Gasteiger partial charge in [-0.3, -0.25) is 4.79 Å². The fourth-order valence-electron chi connectivity index (χ4n) is 3.41. The number of rotatable bonds is 7. The van der Waals surface area contributed by atoms with E-state index >= 15 is 0 Å². The van der Waals surface area contributed by atoms with E-state index in [1.165, 1.54) is 12.8 Å². The van der Waals surface area contributed by atoms with Gasteiger partial charge < -0.3 is 14.6 Å². The van der Waals surface area contributed by atoms with Gasteiger partial charge in [0.1, 0.15) is 11.3 Å². The average Bonchev–Trinajstić information content (AvgIpc) is 3.31. The summed E-state index contributed by atoms with van der Waals surface area (Å²) in [5.41, 5.74) is 0.974. The molecular weight excluding hydrogens is 362 g/mol. The summed E-state index contributed by atoms with van der Waals surface area (Å²) in [5.74, 6) is 0.398. The van der Waals surface area contributed by atoms with Crippen molar-refractivity contribution in [3.63, 3.8) is 0 Å². The van der Waals surface area contributed by atoms with E-state index in [2.05, 4.69) is 22.1 Å². The van der Waals surface area contributed by atoms with Crippen molar-refractivity contribution < 1.29 is 9.21 Å². The van der Waals surface area contributed by atoms with E-state index in [4.69, 9.17) is 4.42 Å². The van der Waals surface area contributed by atoms with Gasteiger partial charge in [-0.2, -0.15) is 0 Å². The summed E-state index contributed by atoms with van der Waals surface area (Å²) in [4.78, 5) is 31.7. The number of thiazole rings is 1. The highest BCUT2D eigenvalue weighted by Crippen LogP contribution is 2.24. The van der Waals surface area contributed by atoms with Gasteiger partial charge in [-0.1, -0.05) is 20.3 Å². The molecule has 1 aliphatic rings. The Kier molecular flexibility index (Phi) is 6.31. The second kappa shape index (κ2) is 8.69. The molecule has 7 heteroatoms. The summed E-state index contributed by atoms with van der Waals surface area (Å²) in [6.45, 7) is 8.29. The molecule has 1 atom stereocenters. The Balaban J connectivity index is 1.66. The minimum atomic E-state index is -0.568. The molecule has 146 valence electrons. The summed E-state index contributed by atoms with van der Waals surface area (Å²) in [6.07, 6.45) is 4.36. The third-order valence-corrected chi connectivity index (χ3v) is 5.90. The van der Waals surface area contributed by atoms with E-state index in [0.717, 1.165) is 36.8 Å². The Morgan fingerprint density at radius 1 is 1.41 bits per heavy atom. The SMILES string of the molecule is CCCC(C)c1cc(C)c(C(=O)NCc2csc(N3CCCC3)n2)c(=O)o1. The van der Waals surface area contributed by atoms with Gasteiger partial charge in [0.25, 0.3) is 5.91 Å². The molecule has 0 aliphatic carbocycles. The van der Waals surface area contributed by atoms with Crippen molar-refractivity contribution in [1.82, 2.24) is 10.3 Å². The minimum absolute atomic E-state index is 0.0810. The van der Waals surface area contributed by atoms with Crippen LogP contribution in [0.2, 0.25) is 0 Å². The lowest BCUT2D eigenvalue weighted by Gasteiger charge is -2.12. The van der Waals surface area contributed by atoms with Crippen molar-refractivity contribution >= 4 is 22.4 Å². The van der Waals surface area contributed by atoms with Gasteiger partial charge in [-0.25, -0.2) is 9.78 Å². The summed E-state index contributed by atoms with van der Waals surface area (Å²) < 4.78 is 5.41. The van der Waals surface area contributed by atoms with Crippen LogP contribution in [0.15, 0.2) is 20.7 Å². The van der Waals surface area contributed by atoms with Gasteiger partial charge in [0.15, 0.2) is 5.13 Å². The van der Waals surface area contributed by atoms with E-state index in [0.29, 0.717) is 17.9 Å². The molecular formula is C20H27N3O3S. The van der Waals surface area contributed by atoms with Crippen LogP contribution in [0.1, 0.15) is 72.8 Å². The van der Waals surface area contributed by atoms with Crippen LogP contribution in [0.3, 0.4) is 0 Å². The topological polar surface area (TPSA) is 75.4 Å². The van der Waals surface area contributed by atoms with Crippen LogP contribution in [-0.4, -0.2) is 24.0 Å². The smallest absolute Gasteiger partial charge is 0.349 e. The molecule has 3 heterocycles. The maximum absolute atomic E-state index is 12.5. The van der Waals surface area contributed by atoms with Crippen molar-refractivity contribution in [2.24, 2.45) is 0 Å². The number of nitrogens with zero attached hydrogens (tertiary/aromatic N) is 2. The predicted molar refractivity (Wildman–Crippen MR) is 108 cm³/mol. The molecule has 0 saturated carbocycles. The molecule has 6 nitrogen and oxygen atoms in total. The van der Waals surface area contributed by atoms with Crippen LogP contribution in [0.25, 0.3) is 0 Å². The van der Waals surface area contributed by atoms with Gasteiger partial charge in [-0.05, 0) is 37.8 Å². The number of aryl methyl sites for hydroxylation is 1. The fourth-order valence-corrected chi connectivity index (χ4v) is 4.29. The van der Waals surface area contributed by atoms with Crippen LogP contribution < -0.4 is 15.8 Å². The molecule has 0 radical (unpaired) electrons. The second-order valence-electron chi connectivity index (χ2n) is 7.18. The number of nitrogens with one attached hydrogen (secondary N) is 1. The van der Waals surface area contributed by atoms with Crippen LogP contribution in [0, 0.1) is 6.92 Å². The Morgan fingerprint density at radius 2 is 2.15 bits per heavy atom. The third kappa shape index (κ3) is 4.58. The maximum atomic E-state index is 12.5. The number of hydrogen-bond donors (Lipinski definition) is 1. The first-order valence-corrected chi connectivity index (χ1v) is 10.5. The molecule has 1 fully saturated rings. The van der Waals surface area contributed by atoms with E-state index in [9.17, 15) is 9.59 Å². The highest BCUT2D eigenvalue weighted by atomic mass is 32.1. The summed E-state index contributed by atoms with van der Waals surface area (Å²) in [6, 6.07) is 1.81. The summed E-state index contributed by atoms with van der Waals surface area (Å²) in [7, 11) is 0. The average molecular weight is 390 g/mol. The zero-order chi connectivity index (χ0) is 19.4. The maximum Gasteiger partial charge on any atom is 0.349 e. The summed E-state index contributed by atoms with van der Waals surface area (Å²) in [5, 5.41) is 5.76. The number of anilines is 1. The molecule has 0 bridgehead atoms. The standard InChI is InChI=1S/C20H27N3O3S/c1-4-7-13(2)16-10-14(3)17(19(25)26-16)18(24)21-11-15-12-27-20(22-15)23-8-5-6-9-23/h10,12-13H,4-9,11H2,1-3H3,(H,21,24). The van der Waals surface area contributed by atoms with Gasteiger partial charge in [0, 0.05) is 24.4 Å². The molecule has 2 aromatic heterocycles. The Labute approximate surface area is 163 Å². The monoisotopic (exact) mass is 389 g/mol. The molecule has 1 N–H and O–H groups in total. The first-order valence-electron chi connectivity index (χ1n) is 9.61. The van der Waals surface area contributed by atoms with E-state index in [1.54, 1.807) is 18.3 Å².